The van der Waals surface area contributed by atoms with Gasteiger partial charge in [-0.3, -0.25) is 0 Å². The number of unbranched alkanes of at least 4 members (excludes halogenated alkanes) is 15. The van der Waals surface area contributed by atoms with Crippen LogP contribution in [0, 0.1) is 0 Å². The summed E-state index contributed by atoms with van der Waals surface area (Å²) in [5.41, 5.74) is 5.96. The van der Waals surface area contributed by atoms with E-state index in [-0.39, 0.29) is 5.63 Å². The standard InChI is InChI=1S/C39H57N2O2/c1-4-5-6-7-8-9-10-11-12-13-14-15-16-17-18-19-26-41-27-25-37-32(21-20-22-34(37)31-41)28-35-29-33-23-24-36(40(2)3)30-38(33)43-39(35)42/h23-25,27-31H,4-22,26H2,1-3H3/q+1. The van der Waals surface area contributed by atoms with Gasteiger partial charge in [-0.15, -0.1) is 0 Å². The maximum atomic E-state index is 12.9. The van der Waals surface area contributed by atoms with E-state index in [0.29, 0.717) is 11.1 Å². The predicted octanol–water partition coefficient (Wildman–Crippen LogP) is 10.3. The molecule has 2 aromatic heterocycles. The average Bonchev–Trinajstić information content (AvgIpc) is 3.01. The summed E-state index contributed by atoms with van der Waals surface area (Å²) in [6.45, 7) is 3.38. The van der Waals surface area contributed by atoms with Gasteiger partial charge in [0.05, 0.1) is 5.56 Å². The van der Waals surface area contributed by atoms with Crippen LogP contribution in [0.2, 0.25) is 0 Å². The van der Waals surface area contributed by atoms with Crippen molar-refractivity contribution < 1.29 is 8.98 Å². The van der Waals surface area contributed by atoms with Gasteiger partial charge < -0.3 is 9.32 Å². The van der Waals surface area contributed by atoms with Gasteiger partial charge in [-0.05, 0) is 61.1 Å². The predicted molar refractivity (Wildman–Crippen MR) is 184 cm³/mol. The molecule has 0 N–H and O–H groups in total. The van der Waals surface area contributed by atoms with Gasteiger partial charge in [0.15, 0.2) is 12.4 Å². The molecule has 0 saturated carbocycles. The summed E-state index contributed by atoms with van der Waals surface area (Å²) in [7, 11) is 3.98. The highest BCUT2D eigenvalue weighted by Gasteiger charge is 2.18. The molecule has 0 unspecified atom stereocenters. The van der Waals surface area contributed by atoms with E-state index in [1.807, 2.05) is 37.2 Å². The lowest BCUT2D eigenvalue weighted by atomic mass is 9.87. The second-order valence-corrected chi connectivity index (χ2v) is 13.1. The van der Waals surface area contributed by atoms with Gasteiger partial charge in [-0.2, -0.15) is 0 Å². The van der Waals surface area contributed by atoms with Crippen LogP contribution in [0.15, 0.2) is 51.9 Å². The summed E-state index contributed by atoms with van der Waals surface area (Å²) in [6.07, 6.45) is 32.3. The van der Waals surface area contributed by atoms with Crippen LogP contribution in [0.5, 0.6) is 0 Å². The van der Waals surface area contributed by atoms with E-state index in [1.165, 1.54) is 119 Å². The number of anilines is 1. The van der Waals surface area contributed by atoms with Crippen molar-refractivity contribution in [2.45, 2.75) is 135 Å². The second-order valence-electron chi connectivity index (χ2n) is 13.1. The molecule has 0 radical (unpaired) electrons. The summed E-state index contributed by atoms with van der Waals surface area (Å²) in [6, 6.07) is 10.3. The lowest BCUT2D eigenvalue weighted by Crippen LogP contribution is -2.34. The number of fused-ring (bicyclic) bond motifs is 2. The van der Waals surface area contributed by atoms with Crippen LogP contribution >= 0.6 is 0 Å². The Labute approximate surface area is 261 Å². The minimum atomic E-state index is -0.266. The lowest BCUT2D eigenvalue weighted by molar-refractivity contribution is -0.697. The quantitative estimate of drug-likeness (QED) is 0.0798. The third-order valence-electron chi connectivity index (χ3n) is 9.20. The Morgan fingerprint density at radius 3 is 2.05 bits per heavy atom. The number of allylic oxidation sites excluding steroid dienone is 1. The molecule has 1 aliphatic carbocycles. The molecule has 2 heterocycles. The van der Waals surface area contributed by atoms with Crippen molar-refractivity contribution in [3.63, 3.8) is 0 Å². The molecule has 0 bridgehead atoms. The van der Waals surface area contributed by atoms with Crippen molar-refractivity contribution in [3.8, 4) is 0 Å². The highest BCUT2D eigenvalue weighted by molar-refractivity contribution is 5.87. The summed E-state index contributed by atoms with van der Waals surface area (Å²) < 4.78 is 8.10. The minimum absolute atomic E-state index is 0.266. The minimum Gasteiger partial charge on any atom is -0.422 e. The monoisotopic (exact) mass is 585 g/mol. The number of hydrogen-bond acceptors (Lipinski definition) is 3. The van der Waals surface area contributed by atoms with Crippen LogP contribution in [0.1, 0.15) is 139 Å². The summed E-state index contributed by atoms with van der Waals surface area (Å²) >= 11 is 0. The SMILES string of the molecule is CCCCCCCCCCCCCCCCCC[n+]1ccc2c(c1)CCC/C2=C\c1cc2ccc(N(C)C)cc2oc1=O. The van der Waals surface area contributed by atoms with Crippen molar-refractivity contribution in [2.75, 3.05) is 19.0 Å². The molecule has 0 fully saturated rings. The van der Waals surface area contributed by atoms with Crippen LogP contribution in [0.3, 0.4) is 0 Å². The van der Waals surface area contributed by atoms with Gasteiger partial charge in [0, 0.05) is 49.3 Å². The van der Waals surface area contributed by atoms with Crippen LogP contribution in [0.25, 0.3) is 22.6 Å². The van der Waals surface area contributed by atoms with E-state index in [4.69, 9.17) is 4.42 Å². The van der Waals surface area contributed by atoms with Crippen molar-refractivity contribution in [1.82, 2.24) is 0 Å². The molecule has 4 nitrogen and oxygen atoms in total. The number of nitrogens with zero attached hydrogens (tertiary/aromatic N) is 2. The molecule has 0 spiro atoms. The van der Waals surface area contributed by atoms with Crippen LogP contribution in [-0.4, -0.2) is 14.1 Å². The summed E-state index contributed by atoms with van der Waals surface area (Å²) in [5, 5.41) is 0.956. The zero-order valence-electron chi connectivity index (χ0n) is 27.5. The fraction of sp³-hybridized carbons (Fsp3) is 0.590. The first-order valence-corrected chi connectivity index (χ1v) is 17.5. The van der Waals surface area contributed by atoms with Gasteiger partial charge in [0.2, 0.25) is 0 Å². The van der Waals surface area contributed by atoms with Gasteiger partial charge in [-0.1, -0.05) is 96.8 Å². The van der Waals surface area contributed by atoms with E-state index in [1.54, 1.807) is 0 Å². The third kappa shape index (κ3) is 10.7. The molecular weight excluding hydrogens is 528 g/mol. The zero-order chi connectivity index (χ0) is 30.3. The summed E-state index contributed by atoms with van der Waals surface area (Å²) in [5.74, 6) is 0. The van der Waals surface area contributed by atoms with Gasteiger partial charge in [-0.25, -0.2) is 9.36 Å². The number of benzene rings is 1. The fourth-order valence-corrected chi connectivity index (χ4v) is 6.52. The highest BCUT2D eigenvalue weighted by Crippen LogP contribution is 2.31. The second kappa shape index (κ2) is 18.0. The van der Waals surface area contributed by atoms with Gasteiger partial charge in [0.1, 0.15) is 12.1 Å². The normalized spacial score (nSPS) is 14.0. The molecule has 0 amide bonds. The first-order chi connectivity index (χ1) is 21.0. The van der Waals surface area contributed by atoms with E-state index in [9.17, 15) is 4.79 Å². The summed E-state index contributed by atoms with van der Waals surface area (Å²) in [4.78, 5) is 14.9. The Hall–Kier alpha value is -2.88. The maximum Gasteiger partial charge on any atom is 0.343 e. The topological polar surface area (TPSA) is 37.3 Å². The Morgan fingerprint density at radius 2 is 1.42 bits per heavy atom. The van der Waals surface area contributed by atoms with Gasteiger partial charge in [0.25, 0.3) is 0 Å². The number of hydrogen-bond donors (Lipinski definition) is 0. The first-order valence-electron chi connectivity index (χ1n) is 17.5. The molecule has 3 aromatic rings. The largest absolute Gasteiger partial charge is 0.422 e. The fourth-order valence-electron chi connectivity index (χ4n) is 6.52. The van der Waals surface area contributed by atoms with Gasteiger partial charge >= 0.3 is 5.63 Å². The number of aryl methyl sites for hydroxylation is 2. The molecule has 4 heteroatoms. The van der Waals surface area contributed by atoms with Crippen molar-refractivity contribution in [3.05, 3.63) is 69.8 Å². The van der Waals surface area contributed by atoms with Crippen molar-refractivity contribution in [1.29, 1.82) is 0 Å². The molecule has 0 saturated heterocycles. The highest BCUT2D eigenvalue weighted by atomic mass is 16.4. The maximum absolute atomic E-state index is 12.9. The van der Waals surface area contributed by atoms with E-state index >= 15 is 0 Å². The molecule has 0 aliphatic heterocycles. The Balaban J connectivity index is 1.16. The molecular formula is C39H57N2O2+. The Kier molecular flexibility index (Phi) is 13.9. The van der Waals surface area contributed by atoms with E-state index in [0.717, 1.165) is 36.9 Å². The van der Waals surface area contributed by atoms with E-state index < -0.39 is 0 Å². The molecule has 234 valence electrons. The average molecular weight is 586 g/mol. The van der Waals surface area contributed by atoms with Crippen molar-refractivity contribution >= 4 is 28.3 Å². The van der Waals surface area contributed by atoms with Crippen LogP contribution < -0.4 is 15.1 Å². The number of rotatable bonds is 19. The molecule has 0 atom stereocenters. The zero-order valence-corrected chi connectivity index (χ0v) is 27.5. The molecule has 43 heavy (non-hydrogen) atoms. The Morgan fingerprint density at radius 1 is 0.791 bits per heavy atom. The third-order valence-corrected chi connectivity index (χ3v) is 9.20. The van der Waals surface area contributed by atoms with Crippen LogP contribution in [0.4, 0.5) is 5.69 Å². The molecule has 4 rings (SSSR count). The smallest absolute Gasteiger partial charge is 0.343 e. The van der Waals surface area contributed by atoms with E-state index in [2.05, 4.69) is 42.1 Å². The Bertz CT molecular complexity index is 1350. The van der Waals surface area contributed by atoms with Crippen LogP contribution in [-0.2, 0) is 13.0 Å². The lowest BCUT2D eigenvalue weighted by Gasteiger charge is -2.18. The number of aromatic nitrogens is 1. The molecule has 1 aliphatic rings. The number of pyridine rings is 1. The van der Waals surface area contributed by atoms with Crippen molar-refractivity contribution in [2.24, 2.45) is 0 Å². The first kappa shape index (κ1) is 33.0. The molecule has 1 aromatic carbocycles.